The van der Waals surface area contributed by atoms with Crippen molar-refractivity contribution in [2.75, 3.05) is 14.1 Å². The molecular formula is C20H42BN. The molecule has 0 aromatic rings. The van der Waals surface area contributed by atoms with Crippen LogP contribution in [0.5, 0.6) is 0 Å². The lowest BCUT2D eigenvalue weighted by molar-refractivity contribution is 0.350. The first-order valence-electron chi connectivity index (χ1n) is 10.1. The van der Waals surface area contributed by atoms with E-state index in [0.717, 1.165) is 6.42 Å². The standard InChI is InChI=1S/C20H42BN/c1-4-5-6-7-8-9-10-11-12-13-14-15-16-17-18-19-20(21)22(2)3/h20H,4-19H2,1-3H3. The Labute approximate surface area is 143 Å². The fraction of sp³-hybridized carbons (Fsp3) is 1.00. The molecule has 1 unspecified atom stereocenters. The van der Waals surface area contributed by atoms with Gasteiger partial charge in [0.15, 0.2) is 0 Å². The van der Waals surface area contributed by atoms with Crippen molar-refractivity contribution >= 4 is 7.85 Å². The maximum Gasteiger partial charge on any atom is 0.0910 e. The lowest BCUT2D eigenvalue weighted by Crippen LogP contribution is -2.27. The predicted octanol–water partition coefficient (Wildman–Crippen LogP) is 6.30. The Morgan fingerprint density at radius 1 is 0.591 bits per heavy atom. The molecule has 0 N–H and O–H groups in total. The third kappa shape index (κ3) is 16.4. The van der Waals surface area contributed by atoms with Crippen LogP contribution >= 0.6 is 0 Å². The molecule has 0 aromatic carbocycles. The van der Waals surface area contributed by atoms with Gasteiger partial charge in [-0.2, -0.15) is 0 Å². The zero-order valence-electron chi connectivity index (χ0n) is 15.9. The van der Waals surface area contributed by atoms with Crippen LogP contribution in [-0.4, -0.2) is 32.8 Å². The first kappa shape index (κ1) is 22.0. The van der Waals surface area contributed by atoms with Crippen molar-refractivity contribution in [2.45, 2.75) is 116 Å². The van der Waals surface area contributed by atoms with E-state index in [1.165, 1.54) is 96.3 Å². The molecule has 0 spiro atoms. The molecule has 0 aliphatic rings. The molecule has 0 aliphatic heterocycles. The van der Waals surface area contributed by atoms with E-state index in [1.54, 1.807) is 0 Å². The Morgan fingerprint density at radius 3 is 1.23 bits per heavy atom. The van der Waals surface area contributed by atoms with Gasteiger partial charge in [0.25, 0.3) is 0 Å². The second-order valence-corrected chi connectivity index (χ2v) is 7.27. The molecule has 0 saturated heterocycles. The average molecular weight is 307 g/mol. The second-order valence-electron chi connectivity index (χ2n) is 7.27. The van der Waals surface area contributed by atoms with Crippen LogP contribution in [0.4, 0.5) is 0 Å². The third-order valence-corrected chi connectivity index (χ3v) is 4.77. The van der Waals surface area contributed by atoms with Gasteiger partial charge in [-0.05, 0) is 26.5 Å². The quantitative estimate of drug-likeness (QED) is 0.225. The number of nitrogens with zero attached hydrogens (tertiary/aromatic N) is 1. The van der Waals surface area contributed by atoms with Gasteiger partial charge in [-0.3, -0.25) is 0 Å². The van der Waals surface area contributed by atoms with Gasteiger partial charge in [0.2, 0.25) is 0 Å². The Bertz CT molecular complexity index is 206. The summed E-state index contributed by atoms with van der Waals surface area (Å²) in [5.74, 6) is 0.252. The second kappa shape index (κ2) is 17.4. The summed E-state index contributed by atoms with van der Waals surface area (Å²) in [6, 6.07) is 0. The van der Waals surface area contributed by atoms with Gasteiger partial charge in [-0.1, -0.05) is 103 Å². The van der Waals surface area contributed by atoms with Gasteiger partial charge in [-0.15, -0.1) is 0 Å². The summed E-state index contributed by atoms with van der Waals surface area (Å²) >= 11 is 0. The highest BCUT2D eigenvalue weighted by molar-refractivity contribution is 6.11. The number of hydrogen-bond acceptors (Lipinski definition) is 1. The summed E-state index contributed by atoms with van der Waals surface area (Å²) in [6.45, 7) is 2.29. The minimum Gasteiger partial charge on any atom is -0.315 e. The van der Waals surface area contributed by atoms with E-state index in [-0.39, 0.29) is 5.94 Å². The van der Waals surface area contributed by atoms with Crippen LogP contribution in [0.15, 0.2) is 0 Å². The van der Waals surface area contributed by atoms with Crippen molar-refractivity contribution in [1.82, 2.24) is 4.90 Å². The van der Waals surface area contributed by atoms with Gasteiger partial charge < -0.3 is 4.90 Å². The van der Waals surface area contributed by atoms with Crippen LogP contribution < -0.4 is 0 Å². The lowest BCUT2D eigenvalue weighted by atomic mass is 9.90. The normalized spacial score (nSPS) is 12.9. The van der Waals surface area contributed by atoms with Gasteiger partial charge >= 0.3 is 0 Å². The molecule has 0 aromatic heterocycles. The molecule has 1 atom stereocenters. The SMILES string of the molecule is [B]C(CCCCCCCCCCCCCCCCC)N(C)C. The smallest absolute Gasteiger partial charge is 0.0910 e. The van der Waals surface area contributed by atoms with Crippen molar-refractivity contribution < 1.29 is 0 Å². The number of unbranched alkanes of at least 4 members (excludes halogenated alkanes) is 14. The number of rotatable bonds is 17. The summed E-state index contributed by atoms with van der Waals surface area (Å²) in [4.78, 5) is 2.11. The van der Waals surface area contributed by atoms with E-state index >= 15 is 0 Å². The minimum atomic E-state index is 0.252. The van der Waals surface area contributed by atoms with Crippen molar-refractivity contribution in [3.8, 4) is 0 Å². The van der Waals surface area contributed by atoms with E-state index in [0.29, 0.717) is 0 Å². The number of hydrogen-bond donors (Lipinski definition) is 0. The molecule has 0 bridgehead atoms. The maximum atomic E-state index is 6.00. The van der Waals surface area contributed by atoms with Crippen molar-refractivity contribution in [1.29, 1.82) is 0 Å². The van der Waals surface area contributed by atoms with E-state index in [9.17, 15) is 0 Å². The molecule has 2 heteroatoms. The first-order valence-corrected chi connectivity index (χ1v) is 10.1. The van der Waals surface area contributed by atoms with Gasteiger partial charge in [-0.25, -0.2) is 0 Å². The summed E-state index contributed by atoms with van der Waals surface area (Å²) in [5.41, 5.74) is 0. The molecule has 0 fully saturated rings. The predicted molar refractivity (Wildman–Crippen MR) is 103 cm³/mol. The van der Waals surface area contributed by atoms with Crippen molar-refractivity contribution in [3.05, 3.63) is 0 Å². The monoisotopic (exact) mass is 307 g/mol. The van der Waals surface area contributed by atoms with E-state index in [4.69, 9.17) is 7.85 Å². The van der Waals surface area contributed by atoms with Gasteiger partial charge in [0.05, 0.1) is 7.85 Å². The van der Waals surface area contributed by atoms with Gasteiger partial charge in [0.1, 0.15) is 0 Å². The fourth-order valence-electron chi connectivity index (χ4n) is 2.98. The van der Waals surface area contributed by atoms with Crippen LogP contribution in [0.1, 0.15) is 110 Å². The molecule has 1 nitrogen and oxygen atoms in total. The molecule has 0 saturated carbocycles. The van der Waals surface area contributed by atoms with Crippen LogP contribution in [0.3, 0.4) is 0 Å². The highest BCUT2D eigenvalue weighted by Gasteiger charge is 2.02. The van der Waals surface area contributed by atoms with Crippen LogP contribution in [0, 0.1) is 0 Å². The molecule has 0 amide bonds. The molecule has 0 aliphatic carbocycles. The minimum absolute atomic E-state index is 0.252. The first-order chi connectivity index (χ1) is 10.7. The van der Waals surface area contributed by atoms with Crippen LogP contribution in [0.2, 0.25) is 0 Å². The summed E-state index contributed by atoms with van der Waals surface area (Å²) in [7, 11) is 10.1. The van der Waals surface area contributed by atoms with E-state index < -0.39 is 0 Å². The lowest BCUT2D eigenvalue weighted by Gasteiger charge is -2.19. The topological polar surface area (TPSA) is 3.24 Å². The molecule has 22 heavy (non-hydrogen) atoms. The van der Waals surface area contributed by atoms with Crippen molar-refractivity contribution in [3.63, 3.8) is 0 Å². The van der Waals surface area contributed by atoms with Gasteiger partial charge in [0, 0.05) is 0 Å². The fourth-order valence-corrected chi connectivity index (χ4v) is 2.98. The van der Waals surface area contributed by atoms with E-state index in [2.05, 4.69) is 25.9 Å². The molecular weight excluding hydrogens is 265 g/mol. The van der Waals surface area contributed by atoms with Crippen LogP contribution in [-0.2, 0) is 0 Å². The molecule has 0 rings (SSSR count). The molecule has 0 heterocycles. The zero-order chi connectivity index (χ0) is 16.5. The highest BCUT2D eigenvalue weighted by Crippen LogP contribution is 2.14. The Balaban J connectivity index is 3.03. The zero-order valence-corrected chi connectivity index (χ0v) is 15.9. The van der Waals surface area contributed by atoms with E-state index in [1.807, 2.05) is 0 Å². The maximum absolute atomic E-state index is 6.00. The largest absolute Gasteiger partial charge is 0.315 e. The van der Waals surface area contributed by atoms with Crippen LogP contribution in [0.25, 0.3) is 0 Å². The Morgan fingerprint density at radius 2 is 0.909 bits per heavy atom. The average Bonchev–Trinajstić information content (AvgIpc) is 2.50. The summed E-state index contributed by atoms with van der Waals surface area (Å²) in [5, 5.41) is 0. The summed E-state index contributed by atoms with van der Waals surface area (Å²) in [6.07, 6.45) is 22.5. The Hall–Kier alpha value is 0.0249. The Kier molecular flexibility index (Phi) is 17.4. The molecule has 130 valence electrons. The molecule has 2 radical (unpaired) electrons. The highest BCUT2D eigenvalue weighted by atomic mass is 15.1. The third-order valence-electron chi connectivity index (χ3n) is 4.77. The van der Waals surface area contributed by atoms with Crippen molar-refractivity contribution in [2.24, 2.45) is 0 Å². The summed E-state index contributed by atoms with van der Waals surface area (Å²) < 4.78 is 0.